The van der Waals surface area contributed by atoms with Gasteiger partial charge in [-0.1, -0.05) is 69.2 Å². The number of aliphatic hydroxyl groups is 4. The molecule has 1 spiro atoms. The third-order valence-electron chi connectivity index (χ3n) is 12.8. The van der Waals surface area contributed by atoms with Crippen molar-refractivity contribution in [2.24, 2.45) is 28.1 Å². The number of aryl methyl sites for hydroxylation is 2. The molecule has 6 N–H and O–H groups in total. The molecule has 0 radical (unpaired) electrons. The van der Waals surface area contributed by atoms with Gasteiger partial charge in [-0.05, 0) is 102 Å². The second-order valence-corrected chi connectivity index (χ2v) is 20.9. The highest BCUT2D eigenvalue weighted by molar-refractivity contribution is 5.97. The SMILES string of the molecule is Cc1cc(C(=O)CCOCC(C)(C)C2C(O)CC3(CC2O)CC(O)C(C(C)(C)COCCC(=O)c2cc(C)c(O)c(C(C)(C)C)c2)C(O)C3)cc(C(C)(C)C)c1O. The van der Waals surface area contributed by atoms with E-state index < -0.39 is 52.5 Å². The lowest BCUT2D eigenvalue weighted by molar-refractivity contribution is -0.186. The second-order valence-electron chi connectivity index (χ2n) is 20.9. The van der Waals surface area contributed by atoms with Crippen molar-refractivity contribution in [3.63, 3.8) is 0 Å². The molecule has 2 aliphatic rings. The number of benzene rings is 2. The first-order valence-corrected chi connectivity index (χ1v) is 20.7. The fourth-order valence-electron chi connectivity index (χ4n) is 9.88. The van der Waals surface area contributed by atoms with Gasteiger partial charge in [0.2, 0.25) is 0 Å². The maximum atomic E-state index is 13.1. The van der Waals surface area contributed by atoms with Crippen LogP contribution in [-0.2, 0) is 20.3 Å². The average Bonchev–Trinajstić information content (AvgIpc) is 3.04. The highest BCUT2D eigenvalue weighted by Crippen LogP contribution is 2.55. The molecule has 0 aromatic heterocycles. The summed E-state index contributed by atoms with van der Waals surface area (Å²) in [5.41, 5.74) is 1.20. The Bertz CT molecular complexity index is 1590. The number of Topliss-reactive ketones (excluding diaryl/α,β-unsaturated/α-hetero) is 2. The van der Waals surface area contributed by atoms with E-state index in [1.54, 1.807) is 38.1 Å². The number of carbonyl (C=O) groups excluding carboxylic acids is 2. The maximum Gasteiger partial charge on any atom is 0.165 e. The number of phenolic OH excluding ortho intramolecular Hbond substituents is 2. The molecule has 2 saturated carbocycles. The highest BCUT2D eigenvalue weighted by Gasteiger charge is 2.56. The van der Waals surface area contributed by atoms with Crippen molar-refractivity contribution in [1.29, 1.82) is 0 Å². The Morgan fingerprint density at radius 3 is 1.16 bits per heavy atom. The van der Waals surface area contributed by atoms with Crippen LogP contribution in [0, 0.1) is 41.9 Å². The molecule has 2 aliphatic carbocycles. The topological polar surface area (TPSA) is 174 Å². The summed E-state index contributed by atoms with van der Waals surface area (Å²) in [5.74, 6) is -0.804. The van der Waals surface area contributed by atoms with Gasteiger partial charge in [0, 0.05) is 46.9 Å². The van der Waals surface area contributed by atoms with Crippen LogP contribution in [0.15, 0.2) is 24.3 Å². The van der Waals surface area contributed by atoms with Crippen LogP contribution in [0.4, 0.5) is 0 Å². The first kappa shape index (κ1) is 46.8. The molecule has 0 bridgehead atoms. The van der Waals surface area contributed by atoms with E-state index in [1.165, 1.54) is 0 Å². The lowest BCUT2D eigenvalue weighted by Gasteiger charge is -2.56. The van der Waals surface area contributed by atoms with Crippen molar-refractivity contribution >= 4 is 11.6 Å². The molecule has 2 fully saturated rings. The lowest BCUT2D eigenvalue weighted by Crippen LogP contribution is -2.58. The largest absolute Gasteiger partial charge is 0.507 e. The Kier molecular flexibility index (Phi) is 14.3. The minimum absolute atomic E-state index is 0.0889. The van der Waals surface area contributed by atoms with E-state index in [1.807, 2.05) is 69.2 Å². The van der Waals surface area contributed by atoms with Crippen LogP contribution in [0.1, 0.15) is 151 Å². The first-order valence-electron chi connectivity index (χ1n) is 20.7. The van der Waals surface area contributed by atoms with Gasteiger partial charge in [0.15, 0.2) is 11.6 Å². The zero-order valence-corrected chi connectivity index (χ0v) is 36.7. The predicted molar refractivity (Wildman–Crippen MR) is 222 cm³/mol. The quantitative estimate of drug-likeness (QED) is 0.0831. The highest BCUT2D eigenvalue weighted by atomic mass is 16.5. The number of carbonyl (C=O) groups is 2. The molecule has 0 saturated heterocycles. The molecule has 0 heterocycles. The fraction of sp³-hybridized carbons (Fsp3) is 0.702. The predicted octanol–water partition coefficient (Wildman–Crippen LogP) is 7.49. The van der Waals surface area contributed by atoms with E-state index >= 15 is 0 Å². The van der Waals surface area contributed by atoms with Gasteiger partial charge in [0.1, 0.15) is 11.5 Å². The van der Waals surface area contributed by atoms with Crippen LogP contribution in [0.2, 0.25) is 0 Å². The van der Waals surface area contributed by atoms with Crippen LogP contribution in [0.25, 0.3) is 0 Å². The number of ketones is 2. The molecular weight excluding hydrogens is 725 g/mol. The van der Waals surface area contributed by atoms with Crippen molar-refractivity contribution in [3.8, 4) is 11.5 Å². The van der Waals surface area contributed by atoms with Gasteiger partial charge in [-0.2, -0.15) is 0 Å². The number of ether oxygens (including phenoxy) is 2. The zero-order chi connectivity index (χ0) is 43.1. The summed E-state index contributed by atoms with van der Waals surface area (Å²) in [6.07, 6.45) is -2.01. The van der Waals surface area contributed by atoms with Crippen LogP contribution in [0.3, 0.4) is 0 Å². The zero-order valence-electron chi connectivity index (χ0n) is 36.7. The van der Waals surface area contributed by atoms with Crippen molar-refractivity contribution in [3.05, 3.63) is 57.6 Å². The molecule has 57 heavy (non-hydrogen) atoms. The molecule has 2 aromatic rings. The van der Waals surface area contributed by atoms with Crippen LogP contribution >= 0.6 is 0 Å². The van der Waals surface area contributed by atoms with E-state index in [0.717, 1.165) is 11.1 Å². The molecule has 4 unspecified atom stereocenters. The van der Waals surface area contributed by atoms with E-state index in [-0.39, 0.29) is 73.2 Å². The Morgan fingerprint density at radius 1 is 0.579 bits per heavy atom. The van der Waals surface area contributed by atoms with E-state index in [2.05, 4.69) is 0 Å². The van der Waals surface area contributed by atoms with Gasteiger partial charge in [-0.15, -0.1) is 0 Å². The average molecular weight is 797 g/mol. The van der Waals surface area contributed by atoms with Crippen molar-refractivity contribution in [2.75, 3.05) is 26.4 Å². The van der Waals surface area contributed by atoms with Gasteiger partial charge in [0.05, 0.1) is 50.8 Å². The minimum Gasteiger partial charge on any atom is -0.507 e. The summed E-state index contributed by atoms with van der Waals surface area (Å²) in [7, 11) is 0. The van der Waals surface area contributed by atoms with Gasteiger partial charge in [-0.25, -0.2) is 0 Å². The third kappa shape index (κ3) is 10.9. The summed E-state index contributed by atoms with van der Waals surface area (Å²) >= 11 is 0. The smallest absolute Gasteiger partial charge is 0.165 e. The molecule has 0 aliphatic heterocycles. The molecule has 2 aromatic carbocycles. The van der Waals surface area contributed by atoms with E-state index in [0.29, 0.717) is 47.9 Å². The first-order chi connectivity index (χ1) is 26.1. The Morgan fingerprint density at radius 2 is 0.877 bits per heavy atom. The van der Waals surface area contributed by atoms with Gasteiger partial charge in [0.25, 0.3) is 0 Å². The molecule has 10 nitrogen and oxygen atoms in total. The normalized spacial score (nSPS) is 26.2. The fourth-order valence-corrected chi connectivity index (χ4v) is 9.88. The number of rotatable bonds is 14. The molecule has 10 heteroatoms. The lowest BCUT2D eigenvalue weighted by atomic mass is 9.53. The van der Waals surface area contributed by atoms with Crippen molar-refractivity contribution in [1.82, 2.24) is 0 Å². The summed E-state index contributed by atoms with van der Waals surface area (Å²) in [4.78, 5) is 26.2. The van der Waals surface area contributed by atoms with Gasteiger partial charge >= 0.3 is 0 Å². The second kappa shape index (κ2) is 17.4. The molecular formula is C47H72O10. The minimum atomic E-state index is -0.897. The molecule has 0 amide bonds. The third-order valence-corrected chi connectivity index (χ3v) is 12.8. The van der Waals surface area contributed by atoms with Crippen LogP contribution in [0.5, 0.6) is 11.5 Å². The Balaban J connectivity index is 1.29. The molecule has 4 atom stereocenters. The van der Waals surface area contributed by atoms with E-state index in [9.17, 15) is 40.2 Å². The number of phenols is 2. The monoisotopic (exact) mass is 797 g/mol. The molecule has 4 rings (SSSR count). The van der Waals surface area contributed by atoms with Crippen LogP contribution in [-0.4, -0.2) is 93.0 Å². The number of hydrogen-bond donors (Lipinski definition) is 6. The van der Waals surface area contributed by atoms with Crippen molar-refractivity contribution < 1.29 is 49.7 Å². The summed E-state index contributed by atoms with van der Waals surface area (Å²) in [5, 5.41) is 67.4. The molecule has 320 valence electrons. The van der Waals surface area contributed by atoms with E-state index in [4.69, 9.17) is 9.47 Å². The Hall–Kier alpha value is -2.86. The number of aromatic hydroxyl groups is 2. The number of hydrogen-bond acceptors (Lipinski definition) is 10. The maximum absolute atomic E-state index is 13.1. The summed E-state index contributed by atoms with van der Waals surface area (Å²) in [6.45, 7) is 24.0. The van der Waals surface area contributed by atoms with Crippen LogP contribution < -0.4 is 0 Å². The standard InChI is InChI=1S/C47H72O10/c1-27-17-29(19-31(41(27)54)43(3,4)5)33(48)13-15-56-25-45(9,10)39-35(50)21-47(22-36(39)51)23-37(52)40(38(53)24-47)46(11,12)26-57-16-14-34(49)30-18-28(2)42(55)32(20-30)44(6,7)8/h17-20,35-40,50-55H,13-16,21-26H2,1-12H3. The van der Waals surface area contributed by atoms with Crippen molar-refractivity contribution in [2.45, 2.75) is 157 Å². The summed E-state index contributed by atoms with van der Waals surface area (Å²) in [6, 6.07) is 6.91. The summed E-state index contributed by atoms with van der Waals surface area (Å²) < 4.78 is 12.0. The number of aliphatic hydroxyl groups excluding tert-OH is 4. The Labute approximate surface area is 341 Å². The van der Waals surface area contributed by atoms with Gasteiger partial charge in [-0.3, -0.25) is 9.59 Å². The van der Waals surface area contributed by atoms with Gasteiger partial charge < -0.3 is 40.1 Å².